The van der Waals surface area contributed by atoms with Crippen molar-refractivity contribution in [3.63, 3.8) is 0 Å². The molecule has 0 aliphatic rings. The fourth-order valence-electron chi connectivity index (χ4n) is 1.39. The third-order valence-corrected chi connectivity index (χ3v) is 2.19. The van der Waals surface area contributed by atoms with Crippen molar-refractivity contribution in [3.05, 3.63) is 30.3 Å². The second kappa shape index (κ2) is 5.54. The number of hydrogen-bond acceptors (Lipinski definition) is 5. The van der Waals surface area contributed by atoms with Crippen molar-refractivity contribution in [2.24, 2.45) is 5.92 Å². The highest BCUT2D eigenvalue weighted by Gasteiger charge is 2.08. The van der Waals surface area contributed by atoms with Crippen LogP contribution in [0.1, 0.15) is 19.7 Å². The molecule has 5 nitrogen and oxygen atoms in total. The molecule has 0 amide bonds. The molecule has 0 aliphatic carbocycles. The molecule has 17 heavy (non-hydrogen) atoms. The summed E-state index contributed by atoms with van der Waals surface area (Å²) >= 11 is 0. The molecule has 2 heterocycles. The molecule has 0 aromatic carbocycles. The van der Waals surface area contributed by atoms with Crippen molar-refractivity contribution in [1.82, 2.24) is 20.4 Å². The summed E-state index contributed by atoms with van der Waals surface area (Å²) in [5, 5.41) is 7.14. The molecule has 0 radical (unpaired) electrons. The summed E-state index contributed by atoms with van der Waals surface area (Å²) in [4.78, 5) is 8.44. The fraction of sp³-hybridized carbons (Fsp3) is 0.417. The molecule has 0 saturated heterocycles. The van der Waals surface area contributed by atoms with Crippen molar-refractivity contribution in [2.45, 2.75) is 20.4 Å². The molecule has 2 rings (SSSR count). The summed E-state index contributed by atoms with van der Waals surface area (Å²) in [6.07, 6.45) is 1.71. The summed E-state index contributed by atoms with van der Waals surface area (Å²) < 4.78 is 5.14. The molecule has 2 aromatic rings. The molecule has 0 fully saturated rings. The molecule has 0 aliphatic heterocycles. The maximum atomic E-state index is 5.14. The average molecular weight is 232 g/mol. The average Bonchev–Trinajstić information content (AvgIpc) is 2.78. The van der Waals surface area contributed by atoms with E-state index in [1.165, 1.54) is 0 Å². The lowest BCUT2D eigenvalue weighted by molar-refractivity contribution is 0.364. The van der Waals surface area contributed by atoms with Gasteiger partial charge in [-0.1, -0.05) is 25.1 Å². The predicted molar refractivity (Wildman–Crippen MR) is 64.1 cm³/mol. The van der Waals surface area contributed by atoms with Crippen LogP contribution in [0.5, 0.6) is 0 Å². The zero-order valence-corrected chi connectivity index (χ0v) is 10.1. The Morgan fingerprint density at radius 1 is 1.35 bits per heavy atom. The molecule has 0 spiro atoms. The SMILES string of the molecule is CC(C)CNCc1nc(-c2ccccn2)no1. The van der Waals surface area contributed by atoms with E-state index < -0.39 is 0 Å². The van der Waals surface area contributed by atoms with E-state index in [4.69, 9.17) is 4.52 Å². The second-order valence-electron chi connectivity index (χ2n) is 4.25. The highest BCUT2D eigenvalue weighted by atomic mass is 16.5. The molecule has 0 unspecified atom stereocenters. The van der Waals surface area contributed by atoms with Gasteiger partial charge in [0.05, 0.1) is 6.54 Å². The lowest BCUT2D eigenvalue weighted by atomic mass is 10.2. The third-order valence-electron chi connectivity index (χ3n) is 2.19. The highest BCUT2D eigenvalue weighted by Crippen LogP contribution is 2.11. The zero-order valence-electron chi connectivity index (χ0n) is 10.1. The quantitative estimate of drug-likeness (QED) is 0.852. The lowest BCUT2D eigenvalue weighted by Gasteiger charge is -2.03. The Bertz CT molecular complexity index is 453. The number of nitrogens with zero attached hydrogens (tertiary/aromatic N) is 3. The summed E-state index contributed by atoms with van der Waals surface area (Å²) in [5.74, 6) is 1.73. The van der Waals surface area contributed by atoms with E-state index in [1.54, 1.807) is 6.20 Å². The van der Waals surface area contributed by atoms with Crippen LogP contribution in [0.15, 0.2) is 28.9 Å². The van der Waals surface area contributed by atoms with Crippen molar-refractivity contribution < 1.29 is 4.52 Å². The Morgan fingerprint density at radius 2 is 2.24 bits per heavy atom. The molecule has 1 N–H and O–H groups in total. The minimum absolute atomic E-state index is 0.534. The number of pyridine rings is 1. The van der Waals surface area contributed by atoms with Gasteiger partial charge >= 0.3 is 0 Å². The topological polar surface area (TPSA) is 63.8 Å². The van der Waals surface area contributed by atoms with Gasteiger partial charge < -0.3 is 9.84 Å². The Labute approximate surface area is 100 Å². The third kappa shape index (κ3) is 3.35. The van der Waals surface area contributed by atoms with E-state index in [-0.39, 0.29) is 0 Å². The van der Waals surface area contributed by atoms with Gasteiger partial charge in [0, 0.05) is 6.20 Å². The van der Waals surface area contributed by atoms with Crippen LogP contribution in [0.3, 0.4) is 0 Å². The Kier molecular flexibility index (Phi) is 3.82. The van der Waals surface area contributed by atoms with Crippen molar-refractivity contribution in [3.8, 4) is 11.5 Å². The number of aromatic nitrogens is 3. The largest absolute Gasteiger partial charge is 0.337 e. The molecular weight excluding hydrogens is 216 g/mol. The van der Waals surface area contributed by atoms with Gasteiger partial charge in [0.2, 0.25) is 11.7 Å². The van der Waals surface area contributed by atoms with Gasteiger partial charge in [0.15, 0.2) is 0 Å². The lowest BCUT2D eigenvalue weighted by Crippen LogP contribution is -2.19. The summed E-state index contributed by atoms with van der Waals surface area (Å²) in [7, 11) is 0. The fourth-order valence-corrected chi connectivity index (χ4v) is 1.39. The molecule has 0 atom stereocenters. The van der Waals surface area contributed by atoms with E-state index in [2.05, 4.69) is 34.3 Å². The van der Waals surface area contributed by atoms with E-state index in [0.29, 0.717) is 24.2 Å². The maximum absolute atomic E-state index is 5.14. The number of nitrogens with one attached hydrogen (secondary N) is 1. The predicted octanol–water partition coefficient (Wildman–Crippen LogP) is 1.88. The van der Waals surface area contributed by atoms with Gasteiger partial charge in [-0.2, -0.15) is 4.98 Å². The number of rotatable bonds is 5. The van der Waals surface area contributed by atoms with Crippen LogP contribution in [-0.4, -0.2) is 21.7 Å². The molecule has 5 heteroatoms. The Balaban J connectivity index is 1.97. The van der Waals surface area contributed by atoms with Gasteiger partial charge in [-0.15, -0.1) is 0 Å². The first kappa shape index (κ1) is 11.7. The first-order chi connectivity index (χ1) is 8.25. The van der Waals surface area contributed by atoms with Gasteiger partial charge in [-0.05, 0) is 24.6 Å². The summed E-state index contributed by atoms with van der Waals surface area (Å²) in [6.45, 7) is 5.83. The van der Waals surface area contributed by atoms with E-state index >= 15 is 0 Å². The van der Waals surface area contributed by atoms with Crippen molar-refractivity contribution >= 4 is 0 Å². The molecule has 0 bridgehead atoms. The van der Waals surface area contributed by atoms with Crippen molar-refractivity contribution in [1.29, 1.82) is 0 Å². The molecule has 0 saturated carbocycles. The molecular formula is C12H16N4O. The zero-order chi connectivity index (χ0) is 12.1. The summed E-state index contributed by atoms with van der Waals surface area (Å²) in [6, 6.07) is 5.61. The maximum Gasteiger partial charge on any atom is 0.240 e. The number of hydrogen-bond donors (Lipinski definition) is 1. The normalized spacial score (nSPS) is 11.0. The summed E-state index contributed by atoms with van der Waals surface area (Å²) in [5.41, 5.74) is 0.728. The first-order valence-electron chi connectivity index (χ1n) is 5.70. The standard InChI is InChI=1S/C12H16N4O/c1-9(2)7-13-8-11-15-12(16-17-11)10-5-3-4-6-14-10/h3-6,9,13H,7-8H2,1-2H3. The van der Waals surface area contributed by atoms with E-state index in [0.717, 1.165) is 12.2 Å². The van der Waals surface area contributed by atoms with Crippen LogP contribution in [0, 0.1) is 5.92 Å². The second-order valence-corrected chi connectivity index (χ2v) is 4.25. The minimum atomic E-state index is 0.534. The van der Waals surface area contributed by atoms with Crippen LogP contribution in [0.4, 0.5) is 0 Å². The van der Waals surface area contributed by atoms with Crippen LogP contribution in [0.2, 0.25) is 0 Å². The van der Waals surface area contributed by atoms with Gasteiger partial charge in [-0.25, -0.2) is 0 Å². The highest BCUT2D eigenvalue weighted by molar-refractivity contribution is 5.46. The first-order valence-corrected chi connectivity index (χ1v) is 5.70. The van der Waals surface area contributed by atoms with Crippen molar-refractivity contribution in [2.75, 3.05) is 6.54 Å². The van der Waals surface area contributed by atoms with E-state index in [9.17, 15) is 0 Å². The molecule has 90 valence electrons. The van der Waals surface area contributed by atoms with Crippen LogP contribution < -0.4 is 5.32 Å². The molecule has 2 aromatic heterocycles. The Morgan fingerprint density at radius 3 is 2.94 bits per heavy atom. The van der Waals surface area contributed by atoms with Crippen LogP contribution in [-0.2, 0) is 6.54 Å². The monoisotopic (exact) mass is 232 g/mol. The minimum Gasteiger partial charge on any atom is -0.337 e. The Hall–Kier alpha value is -1.75. The van der Waals surface area contributed by atoms with Gasteiger partial charge in [0.25, 0.3) is 0 Å². The van der Waals surface area contributed by atoms with Gasteiger partial charge in [-0.3, -0.25) is 4.98 Å². The van der Waals surface area contributed by atoms with E-state index in [1.807, 2.05) is 18.2 Å². The van der Waals surface area contributed by atoms with Crippen LogP contribution >= 0.6 is 0 Å². The van der Waals surface area contributed by atoms with Crippen LogP contribution in [0.25, 0.3) is 11.5 Å². The smallest absolute Gasteiger partial charge is 0.240 e. The van der Waals surface area contributed by atoms with Gasteiger partial charge in [0.1, 0.15) is 5.69 Å².